The van der Waals surface area contributed by atoms with Crippen molar-refractivity contribution in [2.45, 2.75) is 37.3 Å². The van der Waals surface area contributed by atoms with E-state index in [0.717, 1.165) is 6.54 Å². The van der Waals surface area contributed by atoms with Crippen LogP contribution in [-0.4, -0.2) is 54.1 Å². The third kappa shape index (κ3) is 2.93. The van der Waals surface area contributed by atoms with Gasteiger partial charge in [0.05, 0.1) is 12.1 Å². The van der Waals surface area contributed by atoms with Crippen molar-refractivity contribution in [1.82, 2.24) is 10.2 Å². The zero-order valence-electron chi connectivity index (χ0n) is 9.83. The fourth-order valence-electron chi connectivity index (χ4n) is 2.41. The number of halogens is 2. The number of nitrogens with zero attached hydrogens (tertiary/aromatic N) is 1. The van der Waals surface area contributed by atoms with Crippen LogP contribution in [0.1, 0.15) is 19.3 Å². The molecule has 6 heteroatoms. The zero-order chi connectivity index (χ0) is 12.6. The molecule has 1 saturated carbocycles. The predicted molar refractivity (Wildman–Crippen MR) is 57.7 cm³/mol. The highest BCUT2D eigenvalue weighted by atomic mass is 19.3. The van der Waals surface area contributed by atoms with Gasteiger partial charge in [-0.25, -0.2) is 8.78 Å². The minimum Gasteiger partial charge on any atom is -0.390 e. The lowest BCUT2D eigenvalue weighted by Crippen LogP contribution is -2.56. The number of carbonyl (C=O) groups excluding carboxylic acids is 1. The summed E-state index contributed by atoms with van der Waals surface area (Å²) in [4.78, 5) is 13.6. The van der Waals surface area contributed by atoms with Crippen molar-refractivity contribution in [2.24, 2.45) is 5.92 Å². The fraction of sp³-hybridized carbons (Fsp3) is 0.909. The van der Waals surface area contributed by atoms with Crippen molar-refractivity contribution in [2.75, 3.05) is 20.1 Å². The molecule has 4 nitrogen and oxygen atoms in total. The Bertz CT molecular complexity index is 304. The van der Waals surface area contributed by atoms with Gasteiger partial charge in [-0.15, -0.1) is 0 Å². The maximum Gasteiger partial charge on any atom is 0.249 e. The van der Waals surface area contributed by atoms with Gasteiger partial charge < -0.3 is 15.3 Å². The van der Waals surface area contributed by atoms with Crippen molar-refractivity contribution in [3.63, 3.8) is 0 Å². The molecule has 0 spiro atoms. The third-order valence-electron chi connectivity index (χ3n) is 3.57. The number of likely N-dealkylation sites (tertiary alicyclic amines) is 1. The number of nitrogens with one attached hydrogen (secondary N) is 1. The predicted octanol–water partition coefficient (Wildman–Crippen LogP) is 0.213. The molecular weight excluding hydrogens is 230 g/mol. The van der Waals surface area contributed by atoms with E-state index in [-0.39, 0.29) is 24.8 Å². The van der Waals surface area contributed by atoms with Crippen molar-refractivity contribution in [3.05, 3.63) is 0 Å². The van der Waals surface area contributed by atoms with Gasteiger partial charge in [0.2, 0.25) is 11.8 Å². The first-order valence-corrected chi connectivity index (χ1v) is 5.92. The van der Waals surface area contributed by atoms with E-state index >= 15 is 0 Å². The molecule has 1 heterocycles. The number of likely N-dealkylation sites (N-methyl/N-ethyl adjacent to an activating group) is 1. The van der Waals surface area contributed by atoms with E-state index in [0.29, 0.717) is 13.0 Å². The molecule has 1 amide bonds. The zero-order valence-corrected chi connectivity index (χ0v) is 9.83. The van der Waals surface area contributed by atoms with Crippen LogP contribution in [0, 0.1) is 5.92 Å². The molecule has 0 aromatic heterocycles. The van der Waals surface area contributed by atoms with Crippen LogP contribution in [0.5, 0.6) is 0 Å². The van der Waals surface area contributed by atoms with E-state index < -0.39 is 17.9 Å². The number of aliphatic hydroxyl groups is 1. The molecule has 2 N–H and O–H groups in total. The highest BCUT2D eigenvalue weighted by molar-refractivity contribution is 5.80. The Morgan fingerprint density at radius 2 is 2.12 bits per heavy atom. The molecule has 1 saturated heterocycles. The Hall–Kier alpha value is -0.750. The molecule has 98 valence electrons. The van der Waals surface area contributed by atoms with Crippen molar-refractivity contribution in [1.29, 1.82) is 0 Å². The molecule has 1 aliphatic heterocycles. The average Bonchev–Trinajstić information content (AvgIpc) is 2.18. The fourth-order valence-corrected chi connectivity index (χ4v) is 2.41. The lowest BCUT2D eigenvalue weighted by Gasteiger charge is -2.38. The summed E-state index contributed by atoms with van der Waals surface area (Å²) in [7, 11) is 1.90. The number of alkyl halides is 2. The first-order valence-electron chi connectivity index (χ1n) is 5.92. The lowest BCUT2D eigenvalue weighted by atomic mass is 9.80. The summed E-state index contributed by atoms with van der Waals surface area (Å²) >= 11 is 0. The summed E-state index contributed by atoms with van der Waals surface area (Å²) < 4.78 is 25.2. The van der Waals surface area contributed by atoms with Crippen LogP contribution < -0.4 is 5.32 Å². The normalized spacial score (nSPS) is 34.1. The second-order valence-corrected chi connectivity index (χ2v) is 5.19. The molecule has 2 atom stereocenters. The van der Waals surface area contributed by atoms with Gasteiger partial charge in [-0.2, -0.15) is 0 Å². The summed E-state index contributed by atoms with van der Waals surface area (Å²) in [6, 6.07) is -0.298. The molecule has 2 unspecified atom stereocenters. The smallest absolute Gasteiger partial charge is 0.249 e. The van der Waals surface area contributed by atoms with E-state index in [1.54, 1.807) is 0 Å². The summed E-state index contributed by atoms with van der Waals surface area (Å²) in [5.41, 5.74) is 0. The van der Waals surface area contributed by atoms with Gasteiger partial charge in [0.15, 0.2) is 0 Å². The lowest BCUT2D eigenvalue weighted by molar-refractivity contribution is -0.152. The van der Waals surface area contributed by atoms with Crippen molar-refractivity contribution >= 4 is 5.91 Å². The first kappa shape index (κ1) is 12.7. The van der Waals surface area contributed by atoms with E-state index in [1.165, 1.54) is 0 Å². The Balaban J connectivity index is 1.79. The van der Waals surface area contributed by atoms with E-state index in [1.807, 2.05) is 11.9 Å². The van der Waals surface area contributed by atoms with Crippen molar-refractivity contribution in [3.8, 4) is 0 Å². The molecule has 0 radical (unpaired) electrons. The number of amides is 1. The van der Waals surface area contributed by atoms with Crippen LogP contribution in [0.15, 0.2) is 0 Å². The minimum absolute atomic E-state index is 0.298. The van der Waals surface area contributed by atoms with Crippen LogP contribution in [0.2, 0.25) is 0 Å². The van der Waals surface area contributed by atoms with Gasteiger partial charge in [-0.3, -0.25) is 4.79 Å². The summed E-state index contributed by atoms with van der Waals surface area (Å²) in [6.07, 6.45) is -0.673. The van der Waals surface area contributed by atoms with Crippen LogP contribution in [-0.2, 0) is 4.79 Å². The Kier molecular flexibility index (Phi) is 3.36. The average molecular weight is 248 g/mol. The number of hydrogen-bond donors (Lipinski definition) is 2. The summed E-state index contributed by atoms with van der Waals surface area (Å²) in [5.74, 6) is -3.60. The Morgan fingerprint density at radius 3 is 2.65 bits per heavy atom. The van der Waals surface area contributed by atoms with Crippen LogP contribution in [0.25, 0.3) is 0 Å². The van der Waals surface area contributed by atoms with Crippen LogP contribution in [0.4, 0.5) is 8.78 Å². The summed E-state index contributed by atoms with van der Waals surface area (Å²) in [6.45, 7) is 1.30. The molecule has 1 aliphatic carbocycles. The van der Waals surface area contributed by atoms with Gasteiger partial charge in [0, 0.05) is 25.3 Å². The molecule has 0 aromatic carbocycles. The Morgan fingerprint density at radius 1 is 1.47 bits per heavy atom. The monoisotopic (exact) mass is 248 g/mol. The number of hydrogen-bond acceptors (Lipinski definition) is 3. The standard InChI is InChI=1S/C11H18F2N2O2/c1-15-3-2-8(9(16)6-15)14-10(17)7-4-11(12,13)5-7/h7-9,16H,2-6H2,1H3,(H,14,17). The maximum absolute atomic E-state index is 12.6. The third-order valence-corrected chi connectivity index (χ3v) is 3.57. The van der Waals surface area contributed by atoms with Gasteiger partial charge >= 0.3 is 0 Å². The molecule has 17 heavy (non-hydrogen) atoms. The van der Waals surface area contributed by atoms with Crippen LogP contribution in [0.3, 0.4) is 0 Å². The number of aliphatic hydroxyl groups excluding tert-OH is 1. The highest BCUT2D eigenvalue weighted by Crippen LogP contribution is 2.42. The van der Waals surface area contributed by atoms with E-state index in [4.69, 9.17) is 0 Å². The minimum atomic E-state index is -2.67. The largest absolute Gasteiger partial charge is 0.390 e. The maximum atomic E-state index is 12.6. The topological polar surface area (TPSA) is 52.6 Å². The highest BCUT2D eigenvalue weighted by Gasteiger charge is 2.49. The van der Waals surface area contributed by atoms with Gasteiger partial charge in [0.1, 0.15) is 0 Å². The van der Waals surface area contributed by atoms with Gasteiger partial charge in [0.25, 0.3) is 0 Å². The van der Waals surface area contributed by atoms with Gasteiger partial charge in [-0.1, -0.05) is 0 Å². The summed E-state index contributed by atoms with van der Waals surface area (Å²) in [5, 5.41) is 12.4. The molecule has 2 aliphatic rings. The van der Waals surface area contributed by atoms with Crippen molar-refractivity contribution < 1.29 is 18.7 Å². The number of carbonyl (C=O) groups is 1. The number of piperidine rings is 1. The first-order chi connectivity index (χ1) is 7.87. The number of rotatable bonds is 2. The molecule has 0 aromatic rings. The quantitative estimate of drug-likeness (QED) is 0.734. The molecule has 2 fully saturated rings. The van der Waals surface area contributed by atoms with Crippen LogP contribution >= 0.6 is 0 Å². The Labute approximate surface area is 99.0 Å². The molecule has 2 rings (SSSR count). The second kappa shape index (κ2) is 4.49. The molecular formula is C11H18F2N2O2. The SMILES string of the molecule is CN1CCC(NC(=O)C2CC(F)(F)C2)C(O)C1. The van der Waals surface area contributed by atoms with E-state index in [2.05, 4.69) is 5.32 Å². The van der Waals surface area contributed by atoms with Gasteiger partial charge in [-0.05, 0) is 20.0 Å². The second-order valence-electron chi connectivity index (χ2n) is 5.19. The van der Waals surface area contributed by atoms with E-state index in [9.17, 15) is 18.7 Å². The number of β-amino-alcohol motifs (C(OH)–C–C–N with tert-alkyl or cyclic N) is 1. The molecule has 0 bridgehead atoms.